The number of hydrogen-bond acceptors (Lipinski definition) is 19. The number of hydrogen-bond donors (Lipinski definition) is 5. The summed E-state index contributed by atoms with van der Waals surface area (Å²) in [4.78, 5) is 10.2. The van der Waals surface area contributed by atoms with Crippen molar-refractivity contribution in [3.8, 4) is 73.5 Å². The highest BCUT2D eigenvalue weighted by Crippen LogP contribution is 2.36. The molecule has 6 aromatic carbocycles. The zero-order valence-electron chi connectivity index (χ0n) is 52.0. The van der Waals surface area contributed by atoms with E-state index in [1.165, 1.54) is 49.6 Å². The molecular weight excluding hydrogens is 1330 g/mol. The lowest BCUT2D eigenvalue weighted by Gasteiger charge is -2.22. The van der Waals surface area contributed by atoms with Crippen LogP contribution in [-0.4, -0.2) is 135 Å². The summed E-state index contributed by atoms with van der Waals surface area (Å²) in [7, 11) is -16.3. The molecule has 20 nitrogen and oxygen atoms in total. The Kier molecular flexibility index (Phi) is 33.2. The van der Waals surface area contributed by atoms with Crippen molar-refractivity contribution < 1.29 is 77.3 Å². The van der Waals surface area contributed by atoms with Gasteiger partial charge in [0.25, 0.3) is 5.69 Å². The molecule has 10 unspecified atom stereocenters. The molecular formula is C68H73ClN2O18S5. The average Bonchev–Trinajstić information content (AvgIpc) is 0.864. The Balaban J connectivity index is 0.000000402. The highest BCUT2D eigenvalue weighted by atomic mass is 35.5. The third-order valence-corrected chi connectivity index (χ3v) is 21.8. The molecule has 0 spiro atoms. The second-order valence-corrected chi connectivity index (χ2v) is 32.2. The molecule has 0 radical (unpaired) electrons. The monoisotopic (exact) mass is 1400 g/mol. The molecule has 0 aliphatic heterocycles. The van der Waals surface area contributed by atoms with Gasteiger partial charge in [0.2, 0.25) is 0 Å². The van der Waals surface area contributed by atoms with Crippen LogP contribution in [0, 0.1) is 90.1 Å². The quantitative estimate of drug-likeness (QED) is 0.0231. The number of sulfone groups is 5. The topological polar surface area (TPSA) is 348 Å². The number of benzene rings is 6. The molecule has 0 aliphatic carbocycles. The summed E-state index contributed by atoms with van der Waals surface area (Å²) in [6.45, 7) is 1.87. The molecule has 500 valence electrons. The summed E-state index contributed by atoms with van der Waals surface area (Å²) in [5.74, 6) is 11.9. The van der Waals surface area contributed by atoms with Gasteiger partial charge < -0.3 is 30.3 Å². The third-order valence-electron chi connectivity index (χ3n) is 13.4. The summed E-state index contributed by atoms with van der Waals surface area (Å²) in [6.07, 6.45) is 23.6. The lowest BCUT2D eigenvalue weighted by Crippen LogP contribution is -2.26. The number of aryl methyl sites for hydroxylation is 1. The molecule has 0 saturated heterocycles. The summed E-state index contributed by atoms with van der Waals surface area (Å²) >= 11 is 5.80. The molecule has 6 rings (SSSR count). The fourth-order valence-electron chi connectivity index (χ4n) is 9.45. The van der Waals surface area contributed by atoms with Crippen LogP contribution in [0.3, 0.4) is 0 Å². The van der Waals surface area contributed by atoms with Crippen LogP contribution in [0.5, 0.6) is 5.75 Å². The number of nitro groups is 1. The molecule has 26 heteroatoms. The molecule has 0 aliphatic rings. The van der Waals surface area contributed by atoms with Crippen LogP contribution < -0.4 is 4.74 Å². The zero-order chi connectivity index (χ0) is 71.4. The van der Waals surface area contributed by atoms with E-state index < -0.39 is 111 Å². The van der Waals surface area contributed by atoms with E-state index in [1.54, 1.807) is 97.1 Å². The van der Waals surface area contributed by atoms with Crippen LogP contribution in [0.15, 0.2) is 157 Å². The van der Waals surface area contributed by atoms with E-state index in [4.69, 9.17) is 53.7 Å². The number of aliphatic hydroxyl groups excluding tert-OH is 5. The van der Waals surface area contributed by atoms with Gasteiger partial charge in [0.05, 0.1) is 59.1 Å². The van der Waals surface area contributed by atoms with Crippen molar-refractivity contribution in [1.82, 2.24) is 0 Å². The highest BCUT2D eigenvalue weighted by Gasteiger charge is 2.36. The van der Waals surface area contributed by atoms with Crippen LogP contribution in [0.2, 0.25) is 5.02 Å². The zero-order valence-corrected chi connectivity index (χ0v) is 56.8. The normalized spacial score (nSPS) is 14.4. The van der Waals surface area contributed by atoms with Crippen LogP contribution in [0.25, 0.3) is 0 Å². The Hall–Kier alpha value is -8.35. The third kappa shape index (κ3) is 25.9. The number of rotatable bonds is 23. The number of nitriles is 1. The first kappa shape index (κ1) is 81.7. The number of nitrogens with zero attached hydrogens (tertiary/aromatic N) is 2. The van der Waals surface area contributed by atoms with Gasteiger partial charge in [-0.1, -0.05) is 108 Å². The number of halogens is 1. The molecule has 0 amide bonds. The summed E-state index contributed by atoms with van der Waals surface area (Å²) < 4.78 is 125. The molecule has 5 N–H and O–H groups in total. The minimum atomic E-state index is -3.78. The van der Waals surface area contributed by atoms with Gasteiger partial charge in [-0.05, 0) is 83.3 Å². The molecule has 0 saturated carbocycles. The number of aliphatic hydroxyl groups is 5. The second-order valence-electron chi connectivity index (χ2n) is 21.0. The van der Waals surface area contributed by atoms with Crippen molar-refractivity contribution >= 4 is 66.5 Å². The summed E-state index contributed by atoms with van der Waals surface area (Å²) in [5.41, 5.74) is 3.08. The predicted molar refractivity (Wildman–Crippen MR) is 364 cm³/mol. The van der Waals surface area contributed by atoms with Crippen molar-refractivity contribution in [3.63, 3.8) is 0 Å². The van der Waals surface area contributed by atoms with Gasteiger partial charge in [0, 0.05) is 74.3 Å². The number of non-ortho nitro benzene ring substituents is 1. The maximum Gasteiger partial charge on any atom is 0.269 e. The van der Waals surface area contributed by atoms with E-state index in [-0.39, 0.29) is 48.3 Å². The predicted octanol–water partition coefficient (Wildman–Crippen LogP) is 7.96. The van der Waals surface area contributed by atoms with E-state index in [0.29, 0.717) is 38.6 Å². The van der Waals surface area contributed by atoms with Gasteiger partial charge in [-0.25, -0.2) is 42.1 Å². The number of methoxy groups -OCH3 is 1. The van der Waals surface area contributed by atoms with Gasteiger partial charge in [-0.15, -0.1) is 61.7 Å². The fourth-order valence-corrected chi connectivity index (χ4v) is 16.7. The van der Waals surface area contributed by atoms with E-state index in [1.807, 2.05) is 19.1 Å². The van der Waals surface area contributed by atoms with E-state index in [9.17, 15) is 77.7 Å². The Morgan fingerprint density at radius 2 is 0.819 bits per heavy atom. The Labute approximate surface area is 557 Å². The summed E-state index contributed by atoms with van der Waals surface area (Å²) in [5, 5.41) is 64.1. The average molecular weight is 1400 g/mol. The first-order valence-electron chi connectivity index (χ1n) is 27.7. The maximum atomic E-state index is 12.9. The summed E-state index contributed by atoms with van der Waals surface area (Å²) in [6, 6.07) is 41.4. The Morgan fingerprint density at radius 1 is 0.468 bits per heavy atom. The first-order valence-corrected chi connectivity index (χ1v) is 37.5. The lowest BCUT2D eigenvalue weighted by molar-refractivity contribution is -0.384. The van der Waals surface area contributed by atoms with E-state index in [0.717, 1.165) is 36.7 Å². The van der Waals surface area contributed by atoms with Crippen molar-refractivity contribution in [2.24, 2.45) is 0 Å². The number of terminal acetylenes is 5. The first-order chi connectivity index (χ1) is 43.9. The van der Waals surface area contributed by atoms with Crippen LogP contribution >= 0.6 is 11.6 Å². The highest BCUT2D eigenvalue weighted by molar-refractivity contribution is 7.92. The standard InChI is InChI=1S/C18H18O4S.C13H13NO3S.C13H16O3S.C12H13ClO3S.C12H13NO5S/c1-3-7-17(19)18(14-10-12-15(22-2)13-11-14)23(20,21)16-8-5-4-6-9-16;1-3-5-12(15)13(18(2,16)17)11-7-4-6-10(8-11)9-14;1-4-6-12(14)13(17(3,15)16)11-8-5-7-10(2)9-11;1-3-5-11(14)12(17(2,15)16)9-6-4-7-10(13)8-9;1-3-5-11(14)12(19(2,17)18)9-6-4-7-10(8-9)13(15)16/h1,4-6,8-13,17-19H,7H2,2H3;1,4,6-8,12-13,15H,5H2,2H3;1,5,7-9,12-14H,6H2,2-3H3;1,4,6-8,11-12,14H,5H2,2H3;1,4,6-8,11-12,14H,5H2,2H3. The molecule has 0 fully saturated rings. The van der Waals surface area contributed by atoms with E-state index >= 15 is 0 Å². The van der Waals surface area contributed by atoms with Gasteiger partial charge >= 0.3 is 0 Å². The Bertz CT molecular complexity index is 4260. The molecule has 6 aromatic rings. The van der Waals surface area contributed by atoms with Crippen molar-refractivity contribution in [2.75, 3.05) is 32.1 Å². The smallest absolute Gasteiger partial charge is 0.269 e. The number of nitro benzene ring substituents is 1. The fraction of sp³-hybridized carbons (Fsp3) is 0.309. The lowest BCUT2D eigenvalue weighted by atomic mass is 10.0. The minimum absolute atomic E-state index is 0.0195. The second kappa shape index (κ2) is 38.1. The Morgan fingerprint density at radius 3 is 1.17 bits per heavy atom. The van der Waals surface area contributed by atoms with Gasteiger partial charge in [0.15, 0.2) is 49.2 Å². The van der Waals surface area contributed by atoms with Gasteiger partial charge in [0.1, 0.15) is 32.0 Å². The van der Waals surface area contributed by atoms with Crippen molar-refractivity contribution in [1.29, 1.82) is 5.26 Å². The number of ether oxygens (including phenoxy) is 1. The maximum absolute atomic E-state index is 12.9. The minimum Gasteiger partial charge on any atom is -0.497 e. The van der Waals surface area contributed by atoms with E-state index in [2.05, 4.69) is 29.6 Å². The van der Waals surface area contributed by atoms with Crippen molar-refractivity contribution in [3.05, 3.63) is 206 Å². The van der Waals surface area contributed by atoms with Gasteiger partial charge in [-0.2, -0.15) is 5.26 Å². The van der Waals surface area contributed by atoms with Crippen LogP contribution in [0.1, 0.15) is 97.3 Å². The molecule has 0 heterocycles. The van der Waals surface area contributed by atoms with Crippen LogP contribution in [0.4, 0.5) is 5.69 Å². The molecule has 94 heavy (non-hydrogen) atoms. The molecule has 0 aromatic heterocycles. The SMILES string of the molecule is C#CCC(O)C(c1ccc(OC)cc1)S(=O)(=O)c1ccccc1.C#CCC(O)C(c1cccc(C#N)c1)S(C)(=O)=O.C#CCC(O)C(c1cccc(C)c1)S(C)(=O)=O.C#CCC(O)C(c1cccc(Cl)c1)S(C)(=O)=O.C#CCC(O)C(c1cccc([N+](=O)[O-])c1)S(C)(=O)=O. The largest absolute Gasteiger partial charge is 0.497 e. The molecule has 0 bridgehead atoms. The van der Waals surface area contributed by atoms with Crippen LogP contribution in [-0.2, 0) is 49.2 Å². The van der Waals surface area contributed by atoms with Crippen molar-refractivity contribution in [2.45, 2.75) is 101 Å². The van der Waals surface area contributed by atoms with Gasteiger partial charge in [-0.3, -0.25) is 10.1 Å². The molecule has 10 atom stereocenters.